The topological polar surface area (TPSA) is 73.8 Å². The standard InChI is InChI=1S/C23H18ClFN4O2/c1-29-19-12-5-3-10-17(19)20(16-9-2-4-11-18(16)25)27-21(22(29)30)28-23(31)26-15-8-6-7-14(24)13-15/h2-13,21H,1H3,(H2,26,28,31). The number of hydrogen-bond donors (Lipinski definition) is 2. The third kappa shape index (κ3) is 4.27. The van der Waals surface area contributed by atoms with E-state index in [4.69, 9.17) is 11.6 Å². The Morgan fingerprint density at radius 2 is 1.74 bits per heavy atom. The fourth-order valence-electron chi connectivity index (χ4n) is 3.34. The van der Waals surface area contributed by atoms with Gasteiger partial charge < -0.3 is 15.5 Å². The Kier molecular flexibility index (Phi) is 5.68. The zero-order chi connectivity index (χ0) is 22.0. The van der Waals surface area contributed by atoms with E-state index in [0.717, 1.165) is 0 Å². The molecule has 0 aromatic heterocycles. The minimum atomic E-state index is -1.26. The highest BCUT2D eigenvalue weighted by molar-refractivity contribution is 6.30. The van der Waals surface area contributed by atoms with Crippen molar-refractivity contribution in [3.63, 3.8) is 0 Å². The van der Waals surface area contributed by atoms with Crippen LogP contribution in [0.2, 0.25) is 5.02 Å². The van der Waals surface area contributed by atoms with Crippen molar-refractivity contribution in [2.45, 2.75) is 6.17 Å². The lowest BCUT2D eigenvalue weighted by Gasteiger charge is -2.21. The minimum Gasteiger partial charge on any atom is -0.311 e. The molecule has 1 heterocycles. The number of para-hydroxylation sites is 1. The SMILES string of the molecule is CN1C(=O)C(NC(=O)Nc2cccc(Cl)c2)N=C(c2ccccc2F)c2ccccc21. The fraction of sp³-hybridized carbons (Fsp3) is 0.0870. The average Bonchev–Trinajstić information content (AvgIpc) is 2.85. The molecule has 0 aliphatic carbocycles. The van der Waals surface area contributed by atoms with Gasteiger partial charge in [-0.15, -0.1) is 0 Å². The molecule has 3 aromatic carbocycles. The van der Waals surface area contributed by atoms with Crippen molar-refractivity contribution in [1.82, 2.24) is 5.32 Å². The molecule has 0 radical (unpaired) electrons. The van der Waals surface area contributed by atoms with Crippen LogP contribution in [-0.2, 0) is 4.79 Å². The Labute approximate surface area is 183 Å². The first-order valence-corrected chi connectivity index (χ1v) is 9.84. The zero-order valence-corrected chi connectivity index (χ0v) is 17.2. The van der Waals surface area contributed by atoms with Crippen LogP contribution in [0.5, 0.6) is 0 Å². The minimum absolute atomic E-state index is 0.236. The summed E-state index contributed by atoms with van der Waals surface area (Å²) in [5, 5.41) is 5.65. The number of nitrogens with one attached hydrogen (secondary N) is 2. The molecule has 2 N–H and O–H groups in total. The number of nitrogens with zero attached hydrogens (tertiary/aromatic N) is 2. The van der Waals surface area contributed by atoms with Crippen LogP contribution in [-0.4, -0.2) is 30.9 Å². The first-order valence-electron chi connectivity index (χ1n) is 9.47. The number of carbonyl (C=O) groups excluding carboxylic acids is 2. The van der Waals surface area contributed by atoms with Crippen molar-refractivity contribution in [3.05, 3.63) is 94.8 Å². The van der Waals surface area contributed by atoms with E-state index in [1.54, 1.807) is 73.8 Å². The quantitative estimate of drug-likeness (QED) is 0.637. The van der Waals surface area contributed by atoms with Gasteiger partial charge in [0.05, 0.1) is 11.4 Å². The van der Waals surface area contributed by atoms with Gasteiger partial charge in [0.15, 0.2) is 0 Å². The molecule has 0 fully saturated rings. The van der Waals surface area contributed by atoms with Gasteiger partial charge in [-0.05, 0) is 36.4 Å². The van der Waals surface area contributed by atoms with Crippen LogP contribution in [0.4, 0.5) is 20.6 Å². The van der Waals surface area contributed by atoms with E-state index in [9.17, 15) is 14.0 Å². The molecular formula is C23H18ClFN4O2. The lowest BCUT2D eigenvalue weighted by molar-refractivity contribution is -0.119. The summed E-state index contributed by atoms with van der Waals surface area (Å²) in [4.78, 5) is 31.5. The van der Waals surface area contributed by atoms with Crippen molar-refractivity contribution in [2.75, 3.05) is 17.3 Å². The van der Waals surface area contributed by atoms with E-state index >= 15 is 0 Å². The number of hydrogen-bond acceptors (Lipinski definition) is 3. The fourth-order valence-corrected chi connectivity index (χ4v) is 3.53. The first kappa shape index (κ1) is 20.6. The molecule has 0 saturated heterocycles. The second kappa shape index (κ2) is 8.57. The van der Waals surface area contributed by atoms with Crippen molar-refractivity contribution in [1.29, 1.82) is 0 Å². The van der Waals surface area contributed by atoms with E-state index in [2.05, 4.69) is 15.6 Å². The highest BCUT2D eigenvalue weighted by Crippen LogP contribution is 2.28. The molecular weight excluding hydrogens is 419 g/mol. The maximum atomic E-state index is 14.6. The van der Waals surface area contributed by atoms with Crippen LogP contribution < -0.4 is 15.5 Å². The lowest BCUT2D eigenvalue weighted by Crippen LogP contribution is -2.47. The number of urea groups is 1. The third-order valence-electron chi connectivity index (χ3n) is 4.82. The summed E-state index contributed by atoms with van der Waals surface area (Å²) in [6.45, 7) is 0. The van der Waals surface area contributed by atoms with Gasteiger partial charge in [0.25, 0.3) is 5.91 Å². The van der Waals surface area contributed by atoms with Crippen LogP contribution in [0.15, 0.2) is 77.8 Å². The number of halogens is 2. The molecule has 1 aliphatic rings. The van der Waals surface area contributed by atoms with Crippen molar-refractivity contribution in [2.24, 2.45) is 4.99 Å². The van der Waals surface area contributed by atoms with Gasteiger partial charge in [-0.1, -0.05) is 48.0 Å². The smallest absolute Gasteiger partial charge is 0.311 e. The second-order valence-corrected chi connectivity index (χ2v) is 7.32. The Balaban J connectivity index is 1.72. The van der Waals surface area contributed by atoms with E-state index in [0.29, 0.717) is 22.0 Å². The average molecular weight is 437 g/mol. The molecule has 31 heavy (non-hydrogen) atoms. The van der Waals surface area contributed by atoms with Gasteiger partial charge in [-0.25, -0.2) is 14.2 Å². The number of amides is 3. The summed E-state index contributed by atoms with van der Waals surface area (Å²) in [7, 11) is 1.59. The van der Waals surface area contributed by atoms with Crippen LogP contribution in [0.25, 0.3) is 0 Å². The first-order chi connectivity index (χ1) is 14.9. The zero-order valence-electron chi connectivity index (χ0n) is 16.5. The van der Waals surface area contributed by atoms with Gasteiger partial charge in [0.2, 0.25) is 6.17 Å². The molecule has 0 saturated carbocycles. The Hall–Kier alpha value is -3.71. The number of fused-ring (bicyclic) bond motifs is 1. The van der Waals surface area contributed by atoms with E-state index in [1.807, 2.05) is 0 Å². The second-order valence-electron chi connectivity index (χ2n) is 6.88. The Morgan fingerprint density at radius 3 is 2.48 bits per heavy atom. The van der Waals surface area contributed by atoms with Crippen molar-refractivity contribution < 1.29 is 14.0 Å². The highest BCUT2D eigenvalue weighted by Gasteiger charge is 2.31. The summed E-state index contributed by atoms with van der Waals surface area (Å²) < 4.78 is 14.6. The predicted molar refractivity (Wildman–Crippen MR) is 119 cm³/mol. The largest absolute Gasteiger partial charge is 0.321 e. The Morgan fingerprint density at radius 1 is 1.03 bits per heavy atom. The number of benzodiazepines with no additional fused rings is 1. The van der Waals surface area contributed by atoms with Crippen molar-refractivity contribution >= 4 is 40.6 Å². The van der Waals surface area contributed by atoms with Gasteiger partial charge >= 0.3 is 6.03 Å². The normalized spacial score (nSPS) is 15.6. The summed E-state index contributed by atoms with van der Waals surface area (Å²) in [6, 6.07) is 19.2. The number of carbonyl (C=O) groups is 2. The molecule has 1 aliphatic heterocycles. The number of benzene rings is 3. The molecule has 1 unspecified atom stereocenters. The monoisotopic (exact) mass is 436 g/mol. The summed E-state index contributed by atoms with van der Waals surface area (Å²) in [6.07, 6.45) is -1.26. The number of likely N-dealkylation sites (N-methyl/N-ethyl adjacent to an activating group) is 1. The molecule has 3 aromatic rings. The summed E-state index contributed by atoms with van der Waals surface area (Å²) in [5.74, 6) is -0.935. The third-order valence-corrected chi connectivity index (χ3v) is 5.06. The molecule has 6 nitrogen and oxygen atoms in total. The van der Waals surface area contributed by atoms with Gasteiger partial charge in [-0.3, -0.25) is 4.79 Å². The van der Waals surface area contributed by atoms with E-state index in [1.165, 1.54) is 11.0 Å². The predicted octanol–water partition coefficient (Wildman–Crippen LogP) is 4.44. The van der Waals surface area contributed by atoms with Gasteiger partial charge in [-0.2, -0.15) is 0 Å². The maximum absolute atomic E-state index is 14.6. The molecule has 8 heteroatoms. The van der Waals surface area contributed by atoms with Crippen LogP contribution in [0.1, 0.15) is 11.1 Å². The molecule has 1 atom stereocenters. The number of rotatable bonds is 3. The maximum Gasteiger partial charge on any atom is 0.321 e. The van der Waals surface area contributed by atoms with Crippen molar-refractivity contribution in [3.8, 4) is 0 Å². The van der Waals surface area contributed by atoms with Crippen LogP contribution >= 0.6 is 11.6 Å². The van der Waals surface area contributed by atoms with Crippen LogP contribution in [0, 0.1) is 5.82 Å². The molecule has 0 spiro atoms. The molecule has 0 bridgehead atoms. The Bertz CT molecular complexity index is 1200. The molecule has 4 rings (SSSR count). The lowest BCUT2D eigenvalue weighted by atomic mass is 10.00. The van der Waals surface area contributed by atoms with Crippen LogP contribution in [0.3, 0.4) is 0 Å². The van der Waals surface area contributed by atoms with Gasteiger partial charge in [0.1, 0.15) is 5.82 Å². The molecule has 3 amide bonds. The van der Waals surface area contributed by atoms with Gasteiger partial charge in [0, 0.05) is 28.9 Å². The summed E-state index contributed by atoms with van der Waals surface area (Å²) in [5.41, 5.74) is 2.12. The summed E-state index contributed by atoms with van der Waals surface area (Å²) >= 11 is 5.95. The van der Waals surface area contributed by atoms with E-state index in [-0.39, 0.29) is 11.3 Å². The number of aliphatic imine (C=N–C) groups is 1. The molecule has 156 valence electrons. The number of anilines is 2. The highest BCUT2D eigenvalue weighted by atomic mass is 35.5. The van der Waals surface area contributed by atoms with E-state index < -0.39 is 23.9 Å².